The van der Waals surface area contributed by atoms with Crippen LogP contribution >= 0.6 is 11.6 Å². The first-order valence-electron chi connectivity index (χ1n) is 12.3. The van der Waals surface area contributed by atoms with E-state index in [-0.39, 0.29) is 29.3 Å². The molecular weight excluding hydrogens is 485 g/mol. The second-order valence-corrected chi connectivity index (χ2v) is 9.57. The summed E-state index contributed by atoms with van der Waals surface area (Å²) in [7, 11) is 1.54. The number of aliphatic hydroxyl groups excluding tert-OH is 1. The van der Waals surface area contributed by atoms with Gasteiger partial charge in [0.2, 0.25) is 0 Å². The Morgan fingerprint density at radius 3 is 2.78 bits per heavy atom. The molecule has 0 aliphatic carbocycles. The molecule has 2 aromatic rings. The smallest absolute Gasteiger partial charge is 0.331 e. The fraction of sp³-hybridized carbons (Fsp3) is 0.464. The SMILES string of the molecule is CCC(=Cc1c(OC)cccc1[C@@H](C)OC[C@H](O)CN1CCC[C@H]1Cc1ccc(Cl)c(F)c1)C(=O)O. The monoisotopic (exact) mass is 519 g/mol. The lowest BCUT2D eigenvalue weighted by Crippen LogP contribution is -2.39. The van der Waals surface area contributed by atoms with E-state index in [9.17, 15) is 19.4 Å². The highest BCUT2D eigenvalue weighted by Crippen LogP contribution is 2.32. The van der Waals surface area contributed by atoms with E-state index in [1.165, 1.54) is 6.07 Å². The number of hydrogen-bond donors (Lipinski definition) is 2. The maximum absolute atomic E-state index is 13.8. The first kappa shape index (κ1) is 28.1. The van der Waals surface area contributed by atoms with Crippen molar-refractivity contribution in [1.82, 2.24) is 4.90 Å². The molecule has 2 aromatic carbocycles. The van der Waals surface area contributed by atoms with Crippen molar-refractivity contribution in [3.63, 3.8) is 0 Å². The third kappa shape index (κ3) is 7.29. The van der Waals surface area contributed by atoms with Gasteiger partial charge in [0, 0.05) is 23.7 Å². The van der Waals surface area contributed by atoms with Crippen LogP contribution in [-0.4, -0.2) is 60.0 Å². The quantitative estimate of drug-likeness (QED) is 0.360. The van der Waals surface area contributed by atoms with E-state index in [1.807, 2.05) is 25.1 Å². The van der Waals surface area contributed by atoms with Crippen molar-refractivity contribution in [2.45, 2.75) is 57.8 Å². The zero-order chi connectivity index (χ0) is 26.2. The third-order valence-corrected chi connectivity index (χ3v) is 6.98. The van der Waals surface area contributed by atoms with E-state index >= 15 is 0 Å². The van der Waals surface area contributed by atoms with Crippen LogP contribution in [0.1, 0.15) is 55.9 Å². The summed E-state index contributed by atoms with van der Waals surface area (Å²) < 4.78 is 25.3. The van der Waals surface area contributed by atoms with E-state index in [0.717, 1.165) is 30.5 Å². The van der Waals surface area contributed by atoms with E-state index in [1.54, 1.807) is 32.2 Å². The fourth-order valence-corrected chi connectivity index (χ4v) is 4.83. The number of likely N-dealkylation sites (tertiary alicyclic amines) is 1. The summed E-state index contributed by atoms with van der Waals surface area (Å²) in [6, 6.07) is 10.6. The van der Waals surface area contributed by atoms with Gasteiger partial charge in [-0.1, -0.05) is 36.7 Å². The molecule has 0 amide bonds. The molecule has 0 radical (unpaired) electrons. The van der Waals surface area contributed by atoms with Gasteiger partial charge in [-0.2, -0.15) is 0 Å². The molecule has 1 fully saturated rings. The second-order valence-electron chi connectivity index (χ2n) is 9.16. The molecule has 0 saturated carbocycles. The number of methoxy groups -OCH3 is 1. The zero-order valence-electron chi connectivity index (χ0n) is 21.0. The van der Waals surface area contributed by atoms with Gasteiger partial charge < -0.3 is 19.7 Å². The summed E-state index contributed by atoms with van der Waals surface area (Å²) in [5.74, 6) is -0.823. The molecule has 6 nitrogen and oxygen atoms in total. The lowest BCUT2D eigenvalue weighted by atomic mass is 9.99. The number of ether oxygens (including phenoxy) is 2. The Labute approximate surface area is 217 Å². The van der Waals surface area contributed by atoms with Gasteiger partial charge in [0.1, 0.15) is 11.6 Å². The predicted octanol–water partition coefficient (Wildman–Crippen LogP) is 5.51. The fourth-order valence-electron chi connectivity index (χ4n) is 4.71. The van der Waals surface area contributed by atoms with Crippen LogP contribution in [0.4, 0.5) is 4.39 Å². The molecule has 1 saturated heterocycles. The van der Waals surface area contributed by atoms with Crippen LogP contribution in [0.25, 0.3) is 6.08 Å². The van der Waals surface area contributed by atoms with Gasteiger partial charge in [0.15, 0.2) is 0 Å². The number of halogens is 2. The minimum absolute atomic E-state index is 0.118. The second kappa shape index (κ2) is 13.2. The molecular formula is C28H35ClFNO5. The molecule has 1 aliphatic rings. The zero-order valence-corrected chi connectivity index (χ0v) is 21.8. The highest BCUT2D eigenvalue weighted by atomic mass is 35.5. The molecule has 0 unspecified atom stereocenters. The maximum atomic E-state index is 13.8. The number of hydrogen-bond acceptors (Lipinski definition) is 5. The van der Waals surface area contributed by atoms with Gasteiger partial charge in [-0.15, -0.1) is 0 Å². The van der Waals surface area contributed by atoms with E-state index in [2.05, 4.69) is 4.90 Å². The molecule has 196 valence electrons. The lowest BCUT2D eigenvalue weighted by Gasteiger charge is -2.28. The van der Waals surface area contributed by atoms with Gasteiger partial charge in [-0.25, -0.2) is 9.18 Å². The van der Waals surface area contributed by atoms with Crippen molar-refractivity contribution >= 4 is 23.6 Å². The number of rotatable bonds is 12. The van der Waals surface area contributed by atoms with Crippen molar-refractivity contribution < 1.29 is 28.9 Å². The predicted molar refractivity (Wildman–Crippen MR) is 139 cm³/mol. The van der Waals surface area contributed by atoms with Gasteiger partial charge in [0.05, 0.1) is 30.9 Å². The van der Waals surface area contributed by atoms with Crippen molar-refractivity contribution in [1.29, 1.82) is 0 Å². The average molecular weight is 520 g/mol. The Morgan fingerprint density at radius 1 is 1.33 bits per heavy atom. The van der Waals surface area contributed by atoms with E-state index in [4.69, 9.17) is 21.1 Å². The van der Waals surface area contributed by atoms with Gasteiger partial charge in [-0.3, -0.25) is 4.90 Å². The van der Waals surface area contributed by atoms with Crippen molar-refractivity contribution in [3.8, 4) is 5.75 Å². The summed E-state index contributed by atoms with van der Waals surface area (Å²) in [4.78, 5) is 13.8. The van der Waals surface area contributed by atoms with Crippen LogP contribution in [0, 0.1) is 5.82 Å². The minimum atomic E-state index is -0.972. The Kier molecular flexibility index (Phi) is 10.3. The van der Waals surface area contributed by atoms with E-state index in [0.29, 0.717) is 30.7 Å². The maximum Gasteiger partial charge on any atom is 0.331 e. The normalized spacial score (nSPS) is 18.3. The number of β-amino-alcohol motifs (C(OH)–C–C–N with tert-alkyl or cyclic N) is 1. The Bertz CT molecular complexity index is 1080. The van der Waals surface area contributed by atoms with Crippen LogP contribution in [0.5, 0.6) is 5.75 Å². The number of carbonyl (C=O) groups is 1. The first-order chi connectivity index (χ1) is 17.2. The van der Waals surface area contributed by atoms with Gasteiger partial charge in [-0.05, 0) is 74.6 Å². The number of aliphatic carboxylic acids is 1. The summed E-state index contributed by atoms with van der Waals surface area (Å²) in [6.07, 6.45) is 3.61. The number of carboxylic acid groups (broad SMARTS) is 1. The minimum Gasteiger partial charge on any atom is -0.496 e. The van der Waals surface area contributed by atoms with Gasteiger partial charge in [0.25, 0.3) is 0 Å². The Morgan fingerprint density at radius 2 is 2.11 bits per heavy atom. The molecule has 3 atom stereocenters. The van der Waals surface area contributed by atoms with Crippen LogP contribution in [0.15, 0.2) is 42.0 Å². The summed E-state index contributed by atoms with van der Waals surface area (Å²) in [6.45, 7) is 5.11. The van der Waals surface area contributed by atoms with Crippen LogP contribution < -0.4 is 4.74 Å². The molecule has 0 bridgehead atoms. The summed E-state index contributed by atoms with van der Waals surface area (Å²) >= 11 is 5.80. The van der Waals surface area contributed by atoms with Crippen LogP contribution in [-0.2, 0) is 16.0 Å². The Hall–Kier alpha value is -2.45. The van der Waals surface area contributed by atoms with Crippen molar-refractivity contribution in [3.05, 3.63) is 69.5 Å². The summed E-state index contributed by atoms with van der Waals surface area (Å²) in [5, 5.41) is 20.3. The van der Waals surface area contributed by atoms with Crippen LogP contribution in [0.2, 0.25) is 5.02 Å². The average Bonchev–Trinajstić information content (AvgIpc) is 3.28. The molecule has 2 N–H and O–H groups in total. The standard InChI is InChI=1S/C28H35ClFNO5/c1-4-20(28(33)34)15-24-23(8-5-9-27(24)35-3)18(2)36-17-22(32)16-31-12-6-7-21(31)13-19-10-11-25(29)26(30)14-19/h5,8-11,14-15,18,21-22,32H,4,6-7,12-13,16-17H2,1-3H3,(H,33,34)/t18-,21+,22-/m1/s1. The highest BCUT2D eigenvalue weighted by Gasteiger charge is 2.27. The van der Waals surface area contributed by atoms with E-state index < -0.39 is 17.9 Å². The largest absolute Gasteiger partial charge is 0.496 e. The number of aliphatic hydroxyl groups is 1. The van der Waals surface area contributed by atoms with Crippen molar-refractivity contribution in [2.75, 3.05) is 26.8 Å². The third-order valence-electron chi connectivity index (χ3n) is 6.67. The number of benzene rings is 2. The molecule has 8 heteroatoms. The summed E-state index contributed by atoms with van der Waals surface area (Å²) in [5.41, 5.74) is 2.61. The highest BCUT2D eigenvalue weighted by molar-refractivity contribution is 6.30. The molecule has 3 rings (SSSR count). The molecule has 1 aliphatic heterocycles. The van der Waals surface area contributed by atoms with Crippen molar-refractivity contribution in [2.24, 2.45) is 0 Å². The molecule has 0 spiro atoms. The topological polar surface area (TPSA) is 79.2 Å². The lowest BCUT2D eigenvalue weighted by molar-refractivity contribution is -0.132. The molecule has 0 aromatic heterocycles. The van der Waals surface area contributed by atoms with Crippen LogP contribution in [0.3, 0.4) is 0 Å². The number of nitrogens with zero attached hydrogens (tertiary/aromatic N) is 1. The number of carboxylic acids is 1. The Balaban J connectivity index is 1.63. The molecule has 36 heavy (non-hydrogen) atoms. The molecule has 1 heterocycles. The first-order valence-corrected chi connectivity index (χ1v) is 12.7. The van der Waals surface area contributed by atoms with Gasteiger partial charge >= 0.3 is 5.97 Å².